The van der Waals surface area contributed by atoms with Gasteiger partial charge in [0, 0.05) is 5.02 Å². The number of nitrogens with two attached hydrogens (primary N) is 1. The van der Waals surface area contributed by atoms with Crippen molar-refractivity contribution >= 4 is 11.6 Å². The van der Waals surface area contributed by atoms with Crippen molar-refractivity contribution < 1.29 is 4.74 Å². The summed E-state index contributed by atoms with van der Waals surface area (Å²) >= 11 is 6.45. The van der Waals surface area contributed by atoms with E-state index < -0.39 is 0 Å². The van der Waals surface area contributed by atoms with Gasteiger partial charge in [-0.3, -0.25) is 0 Å². The molecule has 0 saturated heterocycles. The Kier molecular flexibility index (Phi) is 14.6. The average Bonchev–Trinajstić information content (AvgIpc) is 2.85. The van der Waals surface area contributed by atoms with E-state index >= 15 is 0 Å². The normalized spacial score (nSPS) is 15.0. The average molecular weight is 514 g/mol. The van der Waals surface area contributed by atoms with Crippen molar-refractivity contribution in [3.05, 3.63) is 64.7 Å². The fraction of sp³-hybridized carbons (Fsp3) is 0.636. The Hall–Kier alpha value is -1.51. The van der Waals surface area contributed by atoms with E-state index in [1.54, 1.807) is 0 Å². The predicted molar refractivity (Wildman–Crippen MR) is 158 cm³/mol. The maximum atomic E-state index is 6.48. The molecular weight excluding hydrogens is 462 g/mol. The van der Waals surface area contributed by atoms with Crippen LogP contribution in [0.2, 0.25) is 5.02 Å². The van der Waals surface area contributed by atoms with E-state index in [0.717, 1.165) is 47.7 Å². The Morgan fingerprint density at radius 2 is 1.22 bits per heavy atom. The number of ether oxygens (including phenoxy) is 1. The minimum atomic E-state index is -0.253. The molecule has 2 aromatic rings. The number of hydrogen-bond acceptors (Lipinski definition) is 2. The zero-order chi connectivity index (χ0) is 26.3. The minimum absolute atomic E-state index is 0.253. The number of hydrogen-bond donors (Lipinski definition) is 1. The highest BCUT2D eigenvalue weighted by Crippen LogP contribution is 2.30. The third-order valence-electron chi connectivity index (χ3n) is 7.61. The number of benzene rings is 2. The number of halogens is 1. The molecular formula is C33H52ClNO. The summed E-state index contributed by atoms with van der Waals surface area (Å²) in [6.07, 6.45) is 13.4. The largest absolute Gasteiger partial charge is 0.494 e. The monoisotopic (exact) mass is 513 g/mol. The molecule has 4 unspecified atom stereocenters. The highest BCUT2D eigenvalue weighted by Gasteiger charge is 2.14. The molecule has 4 atom stereocenters. The molecule has 2 aromatic carbocycles. The topological polar surface area (TPSA) is 35.2 Å². The van der Waals surface area contributed by atoms with Crippen molar-refractivity contribution in [1.29, 1.82) is 0 Å². The molecule has 2 rings (SSSR count). The molecule has 202 valence electrons. The highest BCUT2D eigenvalue weighted by molar-refractivity contribution is 6.31. The minimum Gasteiger partial charge on any atom is -0.494 e. The quantitative estimate of drug-likeness (QED) is 0.215. The van der Waals surface area contributed by atoms with Crippen molar-refractivity contribution in [1.82, 2.24) is 0 Å². The van der Waals surface area contributed by atoms with E-state index in [1.165, 1.54) is 57.8 Å². The molecule has 36 heavy (non-hydrogen) atoms. The Labute approximate surface area is 227 Å². The molecule has 3 heteroatoms. The summed E-state index contributed by atoms with van der Waals surface area (Å²) in [5.41, 5.74) is 8.44. The molecule has 0 amide bonds. The van der Waals surface area contributed by atoms with Gasteiger partial charge in [0.05, 0.1) is 12.6 Å². The van der Waals surface area contributed by atoms with Crippen LogP contribution < -0.4 is 10.5 Å². The summed E-state index contributed by atoms with van der Waals surface area (Å²) in [6.45, 7) is 12.6. The van der Waals surface area contributed by atoms with E-state index in [9.17, 15) is 0 Å². The van der Waals surface area contributed by atoms with E-state index in [1.807, 2.05) is 48.5 Å². The molecule has 0 spiro atoms. The Bertz CT molecular complexity index is 837. The molecule has 0 aliphatic carbocycles. The van der Waals surface area contributed by atoms with Crippen LogP contribution in [0.4, 0.5) is 0 Å². The van der Waals surface area contributed by atoms with Gasteiger partial charge in [0.15, 0.2) is 0 Å². The fourth-order valence-electron chi connectivity index (χ4n) is 5.00. The van der Waals surface area contributed by atoms with Crippen LogP contribution in [0.1, 0.15) is 116 Å². The van der Waals surface area contributed by atoms with Crippen molar-refractivity contribution in [3.8, 4) is 5.75 Å². The predicted octanol–water partition coefficient (Wildman–Crippen LogP) is 10.2. The second-order valence-corrected chi connectivity index (χ2v) is 12.1. The third kappa shape index (κ3) is 12.2. The Morgan fingerprint density at radius 1 is 0.694 bits per heavy atom. The van der Waals surface area contributed by atoms with Crippen LogP contribution in [0.5, 0.6) is 5.75 Å². The van der Waals surface area contributed by atoms with Gasteiger partial charge in [0.25, 0.3) is 0 Å². The maximum absolute atomic E-state index is 6.48. The van der Waals surface area contributed by atoms with Gasteiger partial charge in [-0.25, -0.2) is 0 Å². The first-order chi connectivity index (χ1) is 17.3. The summed E-state index contributed by atoms with van der Waals surface area (Å²) in [6, 6.07) is 15.7. The van der Waals surface area contributed by atoms with Crippen molar-refractivity contribution in [2.24, 2.45) is 29.4 Å². The lowest BCUT2D eigenvalue weighted by Crippen LogP contribution is -2.12. The standard InChI is InChI=1S/C33H52ClNO/c1-25(2)12-9-13-26(3)14-10-15-27(4)16-11-17-28(5)22-23-36-30-20-21-32(34)31(24-30)33(35)29-18-7-6-8-19-29/h6-8,18-21,24-28,33H,9-17,22-23,35H2,1-5H3. The molecule has 0 aliphatic rings. The summed E-state index contributed by atoms with van der Waals surface area (Å²) in [5, 5.41) is 0.682. The van der Waals surface area contributed by atoms with Gasteiger partial charge in [-0.2, -0.15) is 0 Å². The molecule has 0 heterocycles. The van der Waals surface area contributed by atoms with Crippen LogP contribution >= 0.6 is 11.6 Å². The molecule has 2 nitrogen and oxygen atoms in total. The first-order valence-corrected chi connectivity index (χ1v) is 14.9. The Morgan fingerprint density at radius 3 is 1.78 bits per heavy atom. The lowest BCUT2D eigenvalue weighted by Gasteiger charge is -2.17. The summed E-state index contributed by atoms with van der Waals surface area (Å²) in [4.78, 5) is 0. The van der Waals surface area contributed by atoms with Crippen LogP contribution in [0.3, 0.4) is 0 Å². The zero-order valence-corrected chi connectivity index (χ0v) is 24.4. The fourth-order valence-corrected chi connectivity index (χ4v) is 5.24. The molecule has 0 radical (unpaired) electrons. The summed E-state index contributed by atoms with van der Waals surface area (Å²) < 4.78 is 6.09. The SMILES string of the molecule is CC(C)CCCC(C)CCCC(C)CCCC(C)CCOc1ccc(Cl)c(C(N)c2ccccc2)c1. The van der Waals surface area contributed by atoms with Crippen LogP contribution in [-0.4, -0.2) is 6.61 Å². The third-order valence-corrected chi connectivity index (χ3v) is 7.95. The number of rotatable bonds is 18. The first-order valence-electron chi connectivity index (χ1n) is 14.5. The lowest BCUT2D eigenvalue weighted by molar-refractivity contribution is 0.274. The van der Waals surface area contributed by atoms with Crippen molar-refractivity contribution in [2.45, 2.75) is 105 Å². The van der Waals surface area contributed by atoms with Crippen molar-refractivity contribution in [3.63, 3.8) is 0 Å². The second kappa shape index (κ2) is 17.1. The zero-order valence-electron chi connectivity index (χ0n) is 23.6. The smallest absolute Gasteiger partial charge is 0.119 e. The lowest BCUT2D eigenvalue weighted by atomic mass is 9.91. The van der Waals surface area contributed by atoms with Crippen molar-refractivity contribution in [2.75, 3.05) is 6.61 Å². The van der Waals surface area contributed by atoms with E-state index in [4.69, 9.17) is 22.1 Å². The van der Waals surface area contributed by atoms with Gasteiger partial charge in [-0.15, -0.1) is 0 Å². The van der Waals surface area contributed by atoms with Gasteiger partial charge < -0.3 is 10.5 Å². The molecule has 0 bridgehead atoms. The molecule has 0 fully saturated rings. The maximum Gasteiger partial charge on any atom is 0.119 e. The van der Waals surface area contributed by atoms with Gasteiger partial charge in [0.2, 0.25) is 0 Å². The van der Waals surface area contributed by atoms with Gasteiger partial charge >= 0.3 is 0 Å². The molecule has 2 N–H and O–H groups in total. The van der Waals surface area contributed by atoms with Crippen LogP contribution in [0.15, 0.2) is 48.5 Å². The molecule has 0 aliphatic heterocycles. The molecule has 0 saturated carbocycles. The van der Waals surface area contributed by atoms with E-state index in [-0.39, 0.29) is 6.04 Å². The first kappa shape index (κ1) is 30.7. The van der Waals surface area contributed by atoms with Gasteiger partial charge in [-0.05, 0) is 59.4 Å². The van der Waals surface area contributed by atoms with Crippen LogP contribution in [0, 0.1) is 23.7 Å². The summed E-state index contributed by atoms with van der Waals surface area (Å²) in [7, 11) is 0. The molecule has 0 aromatic heterocycles. The second-order valence-electron chi connectivity index (χ2n) is 11.7. The van der Waals surface area contributed by atoms with Crippen LogP contribution in [-0.2, 0) is 0 Å². The van der Waals surface area contributed by atoms with Gasteiger partial charge in [-0.1, -0.05) is 134 Å². The summed E-state index contributed by atoms with van der Waals surface area (Å²) in [5.74, 6) is 4.11. The van der Waals surface area contributed by atoms with Crippen LogP contribution in [0.25, 0.3) is 0 Å². The Balaban J connectivity index is 1.61. The van der Waals surface area contributed by atoms with Gasteiger partial charge in [0.1, 0.15) is 5.75 Å². The highest BCUT2D eigenvalue weighted by atomic mass is 35.5. The van der Waals surface area contributed by atoms with E-state index in [2.05, 4.69) is 34.6 Å². The van der Waals surface area contributed by atoms with E-state index in [0.29, 0.717) is 10.9 Å².